The number of anilines is 2. The standard InChI is InChI=1S/C13H19N3/c1-2-3-4-9-16-12-5-6-13(15)11(10-12)7-8-14/h5-6,10,16H,2-4,7,9,15H2,1H3. The van der Waals surface area contributed by atoms with Crippen LogP contribution in [-0.2, 0) is 6.42 Å². The van der Waals surface area contributed by atoms with E-state index in [9.17, 15) is 0 Å². The van der Waals surface area contributed by atoms with Crippen LogP contribution in [0.25, 0.3) is 0 Å². The maximum atomic E-state index is 8.66. The first-order valence-electron chi connectivity index (χ1n) is 5.77. The van der Waals surface area contributed by atoms with Crippen LogP contribution in [0.4, 0.5) is 11.4 Å². The molecule has 0 aliphatic heterocycles. The minimum absolute atomic E-state index is 0.371. The van der Waals surface area contributed by atoms with E-state index >= 15 is 0 Å². The number of rotatable bonds is 6. The molecule has 3 heteroatoms. The van der Waals surface area contributed by atoms with Crippen molar-refractivity contribution in [1.82, 2.24) is 0 Å². The van der Waals surface area contributed by atoms with Crippen LogP contribution < -0.4 is 11.1 Å². The Hall–Kier alpha value is -1.69. The molecular formula is C13H19N3. The third kappa shape index (κ3) is 3.82. The number of benzene rings is 1. The molecule has 0 bridgehead atoms. The second kappa shape index (κ2) is 6.73. The van der Waals surface area contributed by atoms with Crippen molar-refractivity contribution >= 4 is 11.4 Å². The van der Waals surface area contributed by atoms with Gasteiger partial charge in [-0.2, -0.15) is 5.26 Å². The van der Waals surface area contributed by atoms with Gasteiger partial charge in [0.1, 0.15) is 0 Å². The summed E-state index contributed by atoms with van der Waals surface area (Å²) < 4.78 is 0. The van der Waals surface area contributed by atoms with Gasteiger partial charge in [-0.1, -0.05) is 19.8 Å². The van der Waals surface area contributed by atoms with Crippen LogP contribution in [0.15, 0.2) is 18.2 Å². The molecule has 0 fully saturated rings. The molecule has 0 aliphatic rings. The van der Waals surface area contributed by atoms with Gasteiger partial charge in [0.05, 0.1) is 12.5 Å². The zero-order valence-corrected chi connectivity index (χ0v) is 9.79. The number of nitriles is 1. The fraction of sp³-hybridized carbons (Fsp3) is 0.462. The summed E-state index contributed by atoms with van der Waals surface area (Å²) in [5.41, 5.74) is 8.43. The molecule has 1 aromatic carbocycles. The van der Waals surface area contributed by atoms with Crippen LogP contribution in [0.5, 0.6) is 0 Å². The Morgan fingerprint density at radius 2 is 2.19 bits per heavy atom. The van der Waals surface area contributed by atoms with Crippen LogP contribution in [0.1, 0.15) is 31.7 Å². The van der Waals surface area contributed by atoms with E-state index < -0.39 is 0 Å². The summed E-state index contributed by atoms with van der Waals surface area (Å²) >= 11 is 0. The molecule has 0 heterocycles. The van der Waals surface area contributed by atoms with E-state index in [4.69, 9.17) is 11.0 Å². The molecular weight excluding hydrogens is 198 g/mol. The highest BCUT2D eigenvalue weighted by Gasteiger charge is 2.00. The van der Waals surface area contributed by atoms with Crippen molar-refractivity contribution in [3.05, 3.63) is 23.8 Å². The molecule has 1 aromatic rings. The van der Waals surface area contributed by atoms with Gasteiger partial charge in [-0.3, -0.25) is 0 Å². The van der Waals surface area contributed by atoms with Gasteiger partial charge in [0.2, 0.25) is 0 Å². The summed E-state index contributed by atoms with van der Waals surface area (Å²) in [6, 6.07) is 7.90. The summed E-state index contributed by atoms with van der Waals surface area (Å²) in [7, 11) is 0. The molecule has 0 aromatic heterocycles. The molecule has 0 aliphatic carbocycles. The Kier molecular flexibility index (Phi) is 5.21. The predicted octanol–water partition coefficient (Wildman–Crippen LogP) is 2.94. The van der Waals surface area contributed by atoms with Gasteiger partial charge in [0.15, 0.2) is 0 Å². The Bertz CT molecular complexity index is 366. The molecule has 86 valence electrons. The van der Waals surface area contributed by atoms with Crippen molar-refractivity contribution in [3.63, 3.8) is 0 Å². The van der Waals surface area contributed by atoms with Gasteiger partial charge >= 0.3 is 0 Å². The quantitative estimate of drug-likeness (QED) is 0.569. The first-order chi connectivity index (χ1) is 7.77. The number of hydrogen-bond donors (Lipinski definition) is 2. The Morgan fingerprint density at radius 3 is 2.88 bits per heavy atom. The average molecular weight is 217 g/mol. The van der Waals surface area contributed by atoms with Crippen molar-refractivity contribution in [2.45, 2.75) is 32.6 Å². The molecule has 0 unspecified atom stereocenters. The topological polar surface area (TPSA) is 61.8 Å². The molecule has 0 saturated carbocycles. The Balaban J connectivity index is 2.54. The molecule has 0 amide bonds. The minimum atomic E-state index is 0.371. The van der Waals surface area contributed by atoms with Gasteiger partial charge in [-0.15, -0.1) is 0 Å². The highest BCUT2D eigenvalue weighted by atomic mass is 14.9. The van der Waals surface area contributed by atoms with Gasteiger partial charge < -0.3 is 11.1 Å². The normalized spacial score (nSPS) is 9.75. The smallest absolute Gasteiger partial charge is 0.0670 e. The third-order valence-electron chi connectivity index (χ3n) is 2.52. The lowest BCUT2D eigenvalue weighted by atomic mass is 10.1. The highest BCUT2D eigenvalue weighted by Crippen LogP contribution is 2.18. The van der Waals surface area contributed by atoms with Gasteiger partial charge in [0, 0.05) is 17.9 Å². The second-order valence-electron chi connectivity index (χ2n) is 3.88. The Morgan fingerprint density at radius 1 is 1.38 bits per heavy atom. The van der Waals surface area contributed by atoms with Gasteiger partial charge in [0.25, 0.3) is 0 Å². The zero-order chi connectivity index (χ0) is 11.8. The first-order valence-corrected chi connectivity index (χ1v) is 5.77. The summed E-state index contributed by atoms with van der Waals surface area (Å²) in [6.07, 6.45) is 4.01. The molecule has 0 atom stereocenters. The molecule has 0 saturated heterocycles. The maximum Gasteiger partial charge on any atom is 0.0670 e. The molecule has 3 N–H and O–H groups in total. The number of hydrogen-bond acceptors (Lipinski definition) is 3. The van der Waals surface area contributed by atoms with Crippen molar-refractivity contribution in [2.24, 2.45) is 0 Å². The van der Waals surface area contributed by atoms with Crippen LogP contribution in [0, 0.1) is 11.3 Å². The first kappa shape index (κ1) is 12.4. The monoisotopic (exact) mass is 217 g/mol. The van der Waals surface area contributed by atoms with Gasteiger partial charge in [-0.25, -0.2) is 0 Å². The largest absolute Gasteiger partial charge is 0.398 e. The van der Waals surface area contributed by atoms with Crippen LogP contribution >= 0.6 is 0 Å². The maximum absolute atomic E-state index is 8.66. The minimum Gasteiger partial charge on any atom is -0.398 e. The summed E-state index contributed by atoms with van der Waals surface area (Å²) in [4.78, 5) is 0. The predicted molar refractivity (Wildman–Crippen MR) is 68.2 cm³/mol. The van der Waals surface area contributed by atoms with E-state index in [1.165, 1.54) is 19.3 Å². The number of unbranched alkanes of at least 4 members (excludes halogenated alkanes) is 2. The number of nitrogens with zero attached hydrogens (tertiary/aromatic N) is 1. The van der Waals surface area contributed by atoms with E-state index in [1.54, 1.807) is 0 Å². The van der Waals surface area contributed by atoms with Crippen molar-refractivity contribution < 1.29 is 0 Å². The number of nitrogens with two attached hydrogens (primary N) is 1. The van der Waals surface area contributed by atoms with E-state index in [0.717, 1.165) is 17.8 Å². The summed E-state index contributed by atoms with van der Waals surface area (Å²) in [6.45, 7) is 3.16. The SMILES string of the molecule is CCCCCNc1ccc(N)c(CC#N)c1. The lowest BCUT2D eigenvalue weighted by Gasteiger charge is -2.08. The third-order valence-corrected chi connectivity index (χ3v) is 2.52. The van der Waals surface area contributed by atoms with Crippen molar-refractivity contribution in [2.75, 3.05) is 17.6 Å². The molecule has 16 heavy (non-hydrogen) atoms. The summed E-state index contributed by atoms with van der Waals surface area (Å²) in [5, 5.41) is 12.0. The van der Waals surface area contributed by atoms with E-state index in [-0.39, 0.29) is 0 Å². The van der Waals surface area contributed by atoms with E-state index in [0.29, 0.717) is 12.1 Å². The number of nitrogens with one attached hydrogen (secondary N) is 1. The molecule has 0 radical (unpaired) electrons. The van der Waals surface area contributed by atoms with Gasteiger partial charge in [-0.05, 0) is 30.2 Å². The van der Waals surface area contributed by atoms with Crippen molar-refractivity contribution in [1.29, 1.82) is 5.26 Å². The fourth-order valence-electron chi connectivity index (χ4n) is 1.56. The van der Waals surface area contributed by atoms with Crippen molar-refractivity contribution in [3.8, 4) is 6.07 Å². The van der Waals surface area contributed by atoms with E-state index in [2.05, 4.69) is 18.3 Å². The summed E-state index contributed by atoms with van der Waals surface area (Å²) in [5.74, 6) is 0. The fourth-order valence-corrected chi connectivity index (χ4v) is 1.56. The Labute approximate surface area is 97.3 Å². The lowest BCUT2D eigenvalue weighted by molar-refractivity contribution is 0.744. The molecule has 0 spiro atoms. The average Bonchev–Trinajstić information content (AvgIpc) is 2.29. The van der Waals surface area contributed by atoms with E-state index in [1.807, 2.05) is 18.2 Å². The van der Waals surface area contributed by atoms with Crippen LogP contribution in [0.3, 0.4) is 0 Å². The van der Waals surface area contributed by atoms with Crippen LogP contribution in [0.2, 0.25) is 0 Å². The molecule has 1 rings (SSSR count). The number of nitrogen functional groups attached to an aromatic ring is 1. The highest BCUT2D eigenvalue weighted by molar-refractivity contribution is 5.57. The zero-order valence-electron chi connectivity index (χ0n) is 9.79. The molecule has 3 nitrogen and oxygen atoms in total. The lowest BCUT2D eigenvalue weighted by Crippen LogP contribution is -2.02. The van der Waals surface area contributed by atoms with Crippen LogP contribution in [-0.4, -0.2) is 6.54 Å². The second-order valence-corrected chi connectivity index (χ2v) is 3.88.